The average Bonchev–Trinajstić information content (AvgIpc) is 2.28. The van der Waals surface area contributed by atoms with E-state index in [0.29, 0.717) is 0 Å². The van der Waals surface area contributed by atoms with Gasteiger partial charge in [-0.1, -0.05) is 41.9 Å². The van der Waals surface area contributed by atoms with Crippen molar-refractivity contribution in [2.45, 2.75) is 20.4 Å². The molecule has 1 N–H and O–H groups in total. The highest BCUT2D eigenvalue weighted by Gasteiger charge is 2.01. The Morgan fingerprint density at radius 1 is 1.00 bits per heavy atom. The Labute approximate surface area is 107 Å². The predicted molar refractivity (Wildman–Crippen MR) is 74.7 cm³/mol. The van der Waals surface area contributed by atoms with Crippen molar-refractivity contribution in [1.82, 2.24) is 0 Å². The molecule has 0 saturated carbocycles. The fraction of sp³-hybridized carbons (Fsp3) is 0.200. The van der Waals surface area contributed by atoms with Gasteiger partial charge in [0.2, 0.25) is 0 Å². The van der Waals surface area contributed by atoms with E-state index in [2.05, 4.69) is 43.4 Å². The molecule has 17 heavy (non-hydrogen) atoms. The monoisotopic (exact) mass is 245 g/mol. The smallest absolute Gasteiger partial charge is 0.0409 e. The van der Waals surface area contributed by atoms with Gasteiger partial charge in [0, 0.05) is 17.3 Å². The van der Waals surface area contributed by atoms with E-state index in [4.69, 9.17) is 11.6 Å². The number of aryl methyl sites for hydroxylation is 2. The van der Waals surface area contributed by atoms with Crippen LogP contribution in [0.25, 0.3) is 0 Å². The largest absolute Gasteiger partial charge is 0.381 e. The Bertz CT molecular complexity index is 500. The van der Waals surface area contributed by atoms with E-state index in [1.54, 1.807) is 0 Å². The Hall–Kier alpha value is -1.47. The molecule has 2 aromatic rings. The summed E-state index contributed by atoms with van der Waals surface area (Å²) in [6.07, 6.45) is 0. The molecule has 1 nitrogen and oxygen atoms in total. The minimum Gasteiger partial charge on any atom is -0.381 e. The first-order chi connectivity index (χ1) is 8.16. The Kier molecular flexibility index (Phi) is 3.70. The molecule has 88 valence electrons. The summed E-state index contributed by atoms with van der Waals surface area (Å²) < 4.78 is 0. The van der Waals surface area contributed by atoms with Gasteiger partial charge in [0.05, 0.1) is 0 Å². The number of hydrogen-bond acceptors (Lipinski definition) is 1. The van der Waals surface area contributed by atoms with Crippen molar-refractivity contribution in [3.05, 3.63) is 64.2 Å². The second-order valence-corrected chi connectivity index (χ2v) is 4.69. The zero-order valence-corrected chi connectivity index (χ0v) is 10.9. The van der Waals surface area contributed by atoms with Crippen LogP contribution in [0, 0.1) is 13.8 Å². The first kappa shape index (κ1) is 12.0. The summed E-state index contributed by atoms with van der Waals surface area (Å²) in [6.45, 7) is 5.03. The van der Waals surface area contributed by atoms with E-state index in [-0.39, 0.29) is 0 Å². The van der Waals surface area contributed by atoms with Gasteiger partial charge in [-0.25, -0.2) is 0 Å². The second kappa shape index (κ2) is 5.24. The third-order valence-electron chi connectivity index (χ3n) is 2.84. The van der Waals surface area contributed by atoms with Crippen molar-refractivity contribution in [2.75, 3.05) is 5.32 Å². The van der Waals surface area contributed by atoms with Crippen molar-refractivity contribution in [3.63, 3.8) is 0 Å². The number of hydrogen-bond donors (Lipinski definition) is 1. The summed E-state index contributed by atoms with van der Waals surface area (Å²) in [5.74, 6) is 0. The van der Waals surface area contributed by atoms with E-state index >= 15 is 0 Å². The average molecular weight is 246 g/mol. The molecule has 0 bridgehead atoms. The molecule has 0 aliphatic rings. The number of halogens is 1. The normalized spacial score (nSPS) is 10.3. The number of rotatable bonds is 3. The first-order valence-corrected chi connectivity index (χ1v) is 6.09. The predicted octanol–water partition coefficient (Wildman–Crippen LogP) is 4.57. The third kappa shape index (κ3) is 3.01. The molecule has 0 unspecified atom stereocenters. The van der Waals surface area contributed by atoms with Gasteiger partial charge in [0.1, 0.15) is 0 Å². The van der Waals surface area contributed by atoms with Crippen molar-refractivity contribution < 1.29 is 0 Å². The molecular formula is C15H16ClN. The van der Waals surface area contributed by atoms with Crippen LogP contribution >= 0.6 is 11.6 Å². The standard InChI is InChI=1S/C15H16ClN/c1-11-5-3-6-12(2)15(11)17-10-13-7-4-8-14(16)9-13/h3-9,17H,10H2,1-2H3. The molecule has 0 aromatic heterocycles. The highest BCUT2D eigenvalue weighted by Crippen LogP contribution is 2.20. The SMILES string of the molecule is Cc1cccc(C)c1NCc1cccc(Cl)c1. The number of para-hydroxylation sites is 1. The lowest BCUT2D eigenvalue weighted by Crippen LogP contribution is -2.02. The molecule has 0 aliphatic heterocycles. The van der Waals surface area contributed by atoms with Gasteiger partial charge in [-0.3, -0.25) is 0 Å². The van der Waals surface area contributed by atoms with Crippen LogP contribution in [0.2, 0.25) is 5.02 Å². The van der Waals surface area contributed by atoms with E-state index in [1.165, 1.54) is 22.4 Å². The summed E-state index contributed by atoms with van der Waals surface area (Å²) >= 11 is 5.96. The molecule has 0 spiro atoms. The van der Waals surface area contributed by atoms with Crippen LogP contribution in [0.15, 0.2) is 42.5 Å². The summed E-state index contributed by atoms with van der Waals surface area (Å²) in [7, 11) is 0. The maximum absolute atomic E-state index is 5.96. The number of benzene rings is 2. The zero-order valence-electron chi connectivity index (χ0n) is 10.1. The fourth-order valence-electron chi connectivity index (χ4n) is 1.93. The van der Waals surface area contributed by atoms with Gasteiger partial charge in [-0.15, -0.1) is 0 Å². The molecule has 0 amide bonds. The summed E-state index contributed by atoms with van der Waals surface area (Å²) in [5, 5.41) is 4.25. The topological polar surface area (TPSA) is 12.0 Å². The van der Waals surface area contributed by atoms with Crippen LogP contribution < -0.4 is 5.32 Å². The van der Waals surface area contributed by atoms with Crippen molar-refractivity contribution in [2.24, 2.45) is 0 Å². The fourth-order valence-corrected chi connectivity index (χ4v) is 2.14. The van der Waals surface area contributed by atoms with Gasteiger partial charge in [-0.05, 0) is 42.7 Å². The molecule has 0 fully saturated rings. The van der Waals surface area contributed by atoms with Crippen LogP contribution in [0.4, 0.5) is 5.69 Å². The lowest BCUT2D eigenvalue weighted by Gasteiger charge is -2.12. The van der Waals surface area contributed by atoms with E-state index in [9.17, 15) is 0 Å². The lowest BCUT2D eigenvalue weighted by molar-refractivity contribution is 1.13. The quantitative estimate of drug-likeness (QED) is 0.835. The van der Waals surface area contributed by atoms with Crippen LogP contribution in [0.1, 0.15) is 16.7 Å². The molecule has 0 saturated heterocycles. The zero-order chi connectivity index (χ0) is 12.3. The number of anilines is 1. The minimum atomic E-state index is 0.783. The summed E-state index contributed by atoms with van der Waals surface area (Å²) in [6, 6.07) is 14.2. The van der Waals surface area contributed by atoms with Gasteiger partial charge in [0.15, 0.2) is 0 Å². The number of nitrogens with one attached hydrogen (secondary N) is 1. The van der Waals surface area contributed by atoms with Gasteiger partial charge >= 0.3 is 0 Å². The maximum atomic E-state index is 5.96. The van der Waals surface area contributed by atoms with E-state index in [0.717, 1.165) is 11.6 Å². The van der Waals surface area contributed by atoms with Crippen LogP contribution in [0.5, 0.6) is 0 Å². The van der Waals surface area contributed by atoms with Gasteiger partial charge in [-0.2, -0.15) is 0 Å². The van der Waals surface area contributed by atoms with Crippen LogP contribution in [0.3, 0.4) is 0 Å². The van der Waals surface area contributed by atoms with Crippen molar-refractivity contribution in [1.29, 1.82) is 0 Å². The summed E-state index contributed by atoms with van der Waals surface area (Å²) in [5.41, 5.74) is 4.95. The Morgan fingerprint density at radius 2 is 1.65 bits per heavy atom. The molecule has 2 heteroatoms. The highest BCUT2D eigenvalue weighted by molar-refractivity contribution is 6.30. The molecule has 0 radical (unpaired) electrons. The van der Waals surface area contributed by atoms with Crippen LogP contribution in [-0.4, -0.2) is 0 Å². The third-order valence-corrected chi connectivity index (χ3v) is 3.07. The molecule has 2 aromatic carbocycles. The molecule has 0 heterocycles. The maximum Gasteiger partial charge on any atom is 0.0409 e. The Morgan fingerprint density at radius 3 is 2.29 bits per heavy atom. The molecule has 0 aliphatic carbocycles. The van der Waals surface area contributed by atoms with E-state index < -0.39 is 0 Å². The highest BCUT2D eigenvalue weighted by atomic mass is 35.5. The van der Waals surface area contributed by atoms with Gasteiger partial charge < -0.3 is 5.32 Å². The molecule has 2 rings (SSSR count). The minimum absolute atomic E-state index is 0.783. The summed E-state index contributed by atoms with van der Waals surface area (Å²) in [4.78, 5) is 0. The molecular weight excluding hydrogens is 230 g/mol. The second-order valence-electron chi connectivity index (χ2n) is 4.25. The van der Waals surface area contributed by atoms with Crippen LogP contribution in [-0.2, 0) is 6.54 Å². The van der Waals surface area contributed by atoms with Gasteiger partial charge in [0.25, 0.3) is 0 Å². The Balaban J connectivity index is 2.13. The van der Waals surface area contributed by atoms with Crippen molar-refractivity contribution in [3.8, 4) is 0 Å². The first-order valence-electron chi connectivity index (χ1n) is 5.71. The lowest BCUT2D eigenvalue weighted by atomic mass is 10.1. The van der Waals surface area contributed by atoms with Crippen molar-refractivity contribution >= 4 is 17.3 Å². The molecule has 0 atom stereocenters. The van der Waals surface area contributed by atoms with E-state index in [1.807, 2.05) is 18.2 Å².